The number of rotatable bonds is 8. The van der Waals surface area contributed by atoms with Crippen LogP contribution in [-0.4, -0.2) is 34.3 Å². The molecule has 1 heterocycles. The first-order valence-corrected chi connectivity index (χ1v) is 11.6. The standard InChI is InChI=1S/C25H22Cl2F3N3O3/c1-35-11-10-32-22-12-20(26)21(27)13-23(22)33(14-16-2-4-17(15-34)5-3-16)24(32)31-18-6-8-19(9-7-18)36-25(28,29)30/h2-9,12-13,34H,10-11,14-15H2,1H3. The van der Waals surface area contributed by atoms with Crippen molar-refractivity contribution >= 4 is 39.9 Å². The minimum atomic E-state index is -4.78. The van der Waals surface area contributed by atoms with Gasteiger partial charge in [-0.1, -0.05) is 47.5 Å². The number of nitrogens with zero attached hydrogens (tertiary/aromatic N) is 3. The van der Waals surface area contributed by atoms with Gasteiger partial charge < -0.3 is 23.7 Å². The SMILES string of the molecule is COCCn1c(=Nc2ccc(OC(F)(F)F)cc2)n(Cc2ccc(CO)cc2)c2cc(Cl)c(Cl)cc21. The van der Waals surface area contributed by atoms with Gasteiger partial charge in [-0.05, 0) is 47.5 Å². The van der Waals surface area contributed by atoms with Crippen LogP contribution in [0.3, 0.4) is 0 Å². The normalized spacial score (nSPS) is 12.5. The molecule has 0 aliphatic heterocycles. The van der Waals surface area contributed by atoms with Crippen LogP contribution in [-0.2, 0) is 24.4 Å². The van der Waals surface area contributed by atoms with Crippen molar-refractivity contribution in [2.75, 3.05) is 13.7 Å². The Bertz CT molecular complexity index is 1410. The van der Waals surface area contributed by atoms with Gasteiger partial charge in [0.2, 0.25) is 5.62 Å². The van der Waals surface area contributed by atoms with Gasteiger partial charge in [-0.25, -0.2) is 4.99 Å². The first-order valence-electron chi connectivity index (χ1n) is 10.8. The van der Waals surface area contributed by atoms with Crippen LogP contribution in [0.5, 0.6) is 5.75 Å². The molecule has 1 N–H and O–H groups in total. The fourth-order valence-corrected chi connectivity index (χ4v) is 4.09. The Kier molecular flexibility index (Phi) is 7.94. The summed E-state index contributed by atoms with van der Waals surface area (Å²) >= 11 is 12.7. The molecule has 190 valence electrons. The second-order valence-electron chi connectivity index (χ2n) is 7.91. The maximum Gasteiger partial charge on any atom is 0.573 e. The topological polar surface area (TPSA) is 60.9 Å². The highest BCUT2D eigenvalue weighted by atomic mass is 35.5. The third kappa shape index (κ3) is 6.04. The molecule has 0 radical (unpaired) electrons. The van der Waals surface area contributed by atoms with E-state index in [1.807, 2.05) is 33.4 Å². The van der Waals surface area contributed by atoms with Crippen molar-refractivity contribution in [3.8, 4) is 5.75 Å². The average Bonchev–Trinajstić information content (AvgIpc) is 3.10. The van der Waals surface area contributed by atoms with E-state index in [2.05, 4.69) is 4.74 Å². The zero-order valence-corrected chi connectivity index (χ0v) is 20.6. The summed E-state index contributed by atoms with van der Waals surface area (Å²) in [5.74, 6) is -0.336. The van der Waals surface area contributed by atoms with Crippen molar-refractivity contribution in [2.24, 2.45) is 4.99 Å². The fourth-order valence-electron chi connectivity index (χ4n) is 3.77. The molecule has 0 amide bonds. The molecule has 0 fully saturated rings. The molecular weight excluding hydrogens is 518 g/mol. The lowest BCUT2D eigenvalue weighted by Crippen LogP contribution is -2.27. The number of alkyl halides is 3. The van der Waals surface area contributed by atoms with Crippen LogP contribution < -0.4 is 10.4 Å². The second kappa shape index (κ2) is 11.0. The predicted molar refractivity (Wildman–Crippen MR) is 132 cm³/mol. The van der Waals surface area contributed by atoms with Gasteiger partial charge in [0.15, 0.2) is 0 Å². The Morgan fingerprint density at radius 3 is 2.03 bits per heavy atom. The molecule has 6 nitrogen and oxygen atoms in total. The van der Waals surface area contributed by atoms with E-state index in [-0.39, 0.29) is 12.4 Å². The summed E-state index contributed by atoms with van der Waals surface area (Å²) in [4.78, 5) is 4.77. The quantitative estimate of drug-likeness (QED) is 0.295. The second-order valence-corrected chi connectivity index (χ2v) is 8.73. The van der Waals surface area contributed by atoms with Crippen molar-refractivity contribution in [2.45, 2.75) is 26.1 Å². The molecule has 36 heavy (non-hydrogen) atoms. The fraction of sp³-hybridized carbons (Fsp3) is 0.240. The summed E-state index contributed by atoms with van der Waals surface area (Å²) in [6.45, 7) is 1.17. The van der Waals surface area contributed by atoms with E-state index in [0.717, 1.165) is 22.2 Å². The third-order valence-corrected chi connectivity index (χ3v) is 6.17. The monoisotopic (exact) mass is 539 g/mol. The van der Waals surface area contributed by atoms with Gasteiger partial charge in [-0.2, -0.15) is 0 Å². The summed E-state index contributed by atoms with van der Waals surface area (Å²) in [6, 6.07) is 16.3. The molecule has 4 aromatic rings. The number of fused-ring (bicyclic) bond motifs is 1. The Hall–Kier alpha value is -2.98. The number of methoxy groups -OCH3 is 1. The maximum absolute atomic E-state index is 12.6. The average molecular weight is 540 g/mol. The number of hydrogen-bond donors (Lipinski definition) is 1. The lowest BCUT2D eigenvalue weighted by atomic mass is 10.1. The number of aliphatic hydroxyl groups is 1. The molecule has 1 aromatic heterocycles. The van der Waals surface area contributed by atoms with E-state index in [9.17, 15) is 18.3 Å². The Balaban J connectivity index is 1.89. The zero-order chi connectivity index (χ0) is 25.9. The van der Waals surface area contributed by atoms with E-state index in [4.69, 9.17) is 32.9 Å². The summed E-state index contributed by atoms with van der Waals surface area (Å²) < 4.78 is 50.8. The molecule has 4 rings (SSSR count). The van der Waals surface area contributed by atoms with Crippen molar-refractivity contribution in [3.63, 3.8) is 0 Å². The van der Waals surface area contributed by atoms with E-state index in [1.54, 1.807) is 19.2 Å². The lowest BCUT2D eigenvalue weighted by molar-refractivity contribution is -0.274. The Morgan fingerprint density at radius 2 is 1.47 bits per heavy atom. The van der Waals surface area contributed by atoms with Crippen molar-refractivity contribution in [3.05, 3.63) is 87.5 Å². The van der Waals surface area contributed by atoms with E-state index in [0.29, 0.717) is 41.0 Å². The van der Waals surface area contributed by atoms with Crippen LogP contribution in [0, 0.1) is 0 Å². The third-order valence-electron chi connectivity index (χ3n) is 5.45. The summed E-state index contributed by atoms with van der Waals surface area (Å²) in [6.07, 6.45) is -4.78. The number of imidazole rings is 1. The number of ether oxygens (including phenoxy) is 2. The van der Waals surface area contributed by atoms with Crippen molar-refractivity contribution in [1.29, 1.82) is 0 Å². The lowest BCUT2D eigenvalue weighted by Gasteiger charge is -2.09. The minimum absolute atomic E-state index is 0.0630. The maximum atomic E-state index is 12.6. The van der Waals surface area contributed by atoms with Gasteiger partial charge in [0.1, 0.15) is 5.75 Å². The zero-order valence-electron chi connectivity index (χ0n) is 19.1. The van der Waals surface area contributed by atoms with E-state index < -0.39 is 6.36 Å². The van der Waals surface area contributed by atoms with E-state index in [1.165, 1.54) is 24.3 Å². The molecular formula is C25H22Cl2F3N3O3. The Labute approximate surface area is 214 Å². The Morgan fingerprint density at radius 1 is 0.889 bits per heavy atom. The highest BCUT2D eigenvalue weighted by Crippen LogP contribution is 2.29. The van der Waals surface area contributed by atoms with Gasteiger partial charge in [0.25, 0.3) is 0 Å². The smallest absolute Gasteiger partial charge is 0.406 e. The highest BCUT2D eigenvalue weighted by molar-refractivity contribution is 6.42. The van der Waals surface area contributed by atoms with Crippen LogP contribution in [0.4, 0.5) is 18.9 Å². The highest BCUT2D eigenvalue weighted by Gasteiger charge is 2.31. The molecule has 0 unspecified atom stereocenters. The molecule has 11 heteroatoms. The minimum Gasteiger partial charge on any atom is -0.406 e. The molecule has 0 saturated carbocycles. The van der Waals surface area contributed by atoms with Crippen molar-refractivity contribution in [1.82, 2.24) is 9.13 Å². The summed E-state index contributed by atoms with van der Waals surface area (Å²) in [7, 11) is 1.59. The van der Waals surface area contributed by atoms with Gasteiger partial charge in [-0.15, -0.1) is 13.2 Å². The van der Waals surface area contributed by atoms with E-state index >= 15 is 0 Å². The molecule has 0 spiro atoms. The van der Waals surface area contributed by atoms with Crippen LogP contribution in [0.25, 0.3) is 11.0 Å². The predicted octanol–water partition coefficient (Wildman–Crippen LogP) is 6.07. The molecule has 0 bridgehead atoms. The van der Waals surface area contributed by atoms with Gasteiger partial charge in [0.05, 0.1) is 46.5 Å². The number of hydrogen-bond acceptors (Lipinski definition) is 4. The first-order chi connectivity index (χ1) is 17.2. The molecule has 3 aromatic carbocycles. The molecule has 0 saturated heterocycles. The largest absolute Gasteiger partial charge is 0.573 e. The van der Waals surface area contributed by atoms with Crippen LogP contribution in [0.15, 0.2) is 65.7 Å². The number of aromatic nitrogens is 2. The van der Waals surface area contributed by atoms with Crippen molar-refractivity contribution < 1.29 is 27.8 Å². The number of aliphatic hydroxyl groups excluding tert-OH is 1. The number of halogens is 5. The van der Waals surface area contributed by atoms with Gasteiger partial charge in [-0.3, -0.25) is 0 Å². The number of benzene rings is 3. The van der Waals surface area contributed by atoms with Gasteiger partial charge in [0, 0.05) is 13.7 Å². The molecule has 0 atom stereocenters. The first kappa shape index (κ1) is 26.1. The van der Waals surface area contributed by atoms with Crippen LogP contribution in [0.1, 0.15) is 11.1 Å². The molecule has 0 aliphatic rings. The summed E-state index contributed by atoms with van der Waals surface area (Å²) in [5.41, 5.74) is 4.21. The van der Waals surface area contributed by atoms with Crippen LogP contribution >= 0.6 is 23.2 Å². The van der Waals surface area contributed by atoms with Crippen LogP contribution in [0.2, 0.25) is 10.0 Å². The molecule has 0 aliphatic carbocycles. The summed E-state index contributed by atoms with van der Waals surface area (Å²) in [5, 5.41) is 10.1. The van der Waals surface area contributed by atoms with Gasteiger partial charge >= 0.3 is 6.36 Å².